The Kier molecular flexibility index (Phi) is 6.41. The molecule has 0 saturated heterocycles. The van der Waals surface area contributed by atoms with Gasteiger partial charge in [-0.2, -0.15) is 13.2 Å². The molecule has 1 unspecified atom stereocenters. The van der Waals surface area contributed by atoms with Gasteiger partial charge in [-0.25, -0.2) is 4.79 Å². The second-order valence-electron chi connectivity index (χ2n) is 5.42. The van der Waals surface area contributed by atoms with Gasteiger partial charge in [0.2, 0.25) is 0 Å². The van der Waals surface area contributed by atoms with E-state index in [0.29, 0.717) is 17.8 Å². The molecule has 0 aliphatic rings. The van der Waals surface area contributed by atoms with Gasteiger partial charge < -0.3 is 15.8 Å². The lowest BCUT2D eigenvalue weighted by atomic mass is 10.1. The standard InChI is InChI=1S/C18H19F3N2O2/c19-18(20,21)17(24)25-16(14-4-2-1-3-5-14)12-23-15-8-6-13(7-9-15)10-11-22/h1-9,16,23H,10-12,22H2. The molecule has 0 amide bonds. The molecular weight excluding hydrogens is 333 g/mol. The van der Waals surface area contributed by atoms with Crippen molar-refractivity contribution in [2.45, 2.75) is 18.7 Å². The summed E-state index contributed by atoms with van der Waals surface area (Å²) in [5.74, 6) is -2.21. The van der Waals surface area contributed by atoms with Gasteiger partial charge in [0, 0.05) is 5.69 Å². The molecule has 7 heteroatoms. The van der Waals surface area contributed by atoms with E-state index in [-0.39, 0.29) is 6.54 Å². The molecule has 0 bridgehead atoms. The van der Waals surface area contributed by atoms with Crippen molar-refractivity contribution in [2.75, 3.05) is 18.4 Å². The second-order valence-corrected chi connectivity index (χ2v) is 5.42. The van der Waals surface area contributed by atoms with Crippen LogP contribution in [0.15, 0.2) is 54.6 Å². The summed E-state index contributed by atoms with van der Waals surface area (Å²) < 4.78 is 42.1. The lowest BCUT2D eigenvalue weighted by Crippen LogP contribution is -2.29. The highest BCUT2D eigenvalue weighted by Gasteiger charge is 2.42. The number of hydrogen-bond donors (Lipinski definition) is 2. The second kappa shape index (κ2) is 8.53. The highest BCUT2D eigenvalue weighted by Crippen LogP contribution is 2.24. The summed E-state index contributed by atoms with van der Waals surface area (Å²) >= 11 is 0. The number of hydrogen-bond acceptors (Lipinski definition) is 4. The largest absolute Gasteiger partial charge is 0.490 e. The number of esters is 1. The number of alkyl halides is 3. The minimum absolute atomic E-state index is 0.0159. The van der Waals surface area contributed by atoms with Gasteiger partial charge in [-0.3, -0.25) is 0 Å². The van der Waals surface area contributed by atoms with Crippen molar-refractivity contribution in [2.24, 2.45) is 5.73 Å². The van der Waals surface area contributed by atoms with Gasteiger partial charge >= 0.3 is 12.1 Å². The third kappa shape index (κ3) is 5.79. The van der Waals surface area contributed by atoms with Gasteiger partial charge in [-0.05, 0) is 36.2 Å². The molecule has 2 rings (SSSR count). The molecule has 2 aromatic rings. The molecule has 0 heterocycles. The van der Waals surface area contributed by atoms with Crippen molar-refractivity contribution >= 4 is 11.7 Å². The van der Waals surface area contributed by atoms with Gasteiger partial charge in [0.25, 0.3) is 0 Å². The topological polar surface area (TPSA) is 64.3 Å². The summed E-state index contributed by atoms with van der Waals surface area (Å²) in [6, 6.07) is 15.7. The number of ether oxygens (including phenoxy) is 1. The number of nitrogens with one attached hydrogen (secondary N) is 1. The summed E-state index contributed by atoms with van der Waals surface area (Å²) in [5.41, 5.74) is 7.74. The van der Waals surface area contributed by atoms with E-state index in [0.717, 1.165) is 12.0 Å². The zero-order valence-corrected chi connectivity index (χ0v) is 13.4. The fraction of sp³-hybridized carbons (Fsp3) is 0.278. The maximum Gasteiger partial charge on any atom is 0.490 e. The highest BCUT2D eigenvalue weighted by molar-refractivity contribution is 5.76. The Morgan fingerprint density at radius 3 is 2.28 bits per heavy atom. The highest BCUT2D eigenvalue weighted by atomic mass is 19.4. The van der Waals surface area contributed by atoms with Crippen molar-refractivity contribution in [3.8, 4) is 0 Å². The first-order valence-corrected chi connectivity index (χ1v) is 7.76. The number of carbonyl (C=O) groups is 1. The maximum absolute atomic E-state index is 12.5. The van der Waals surface area contributed by atoms with Crippen LogP contribution in [0.2, 0.25) is 0 Å². The predicted molar refractivity (Wildman–Crippen MR) is 89.0 cm³/mol. The number of nitrogens with two attached hydrogens (primary N) is 1. The van der Waals surface area contributed by atoms with E-state index in [1.54, 1.807) is 42.5 Å². The van der Waals surface area contributed by atoms with E-state index >= 15 is 0 Å². The number of carbonyl (C=O) groups excluding carboxylic acids is 1. The first-order chi connectivity index (χ1) is 11.9. The third-order valence-electron chi connectivity index (χ3n) is 3.53. The maximum atomic E-state index is 12.5. The molecule has 0 radical (unpaired) electrons. The Bertz CT molecular complexity index is 673. The van der Waals surface area contributed by atoms with Gasteiger partial charge in [0.15, 0.2) is 0 Å². The number of rotatable bonds is 7. The molecule has 3 N–H and O–H groups in total. The number of benzene rings is 2. The lowest BCUT2D eigenvalue weighted by molar-refractivity contribution is -0.204. The van der Waals surface area contributed by atoms with Crippen LogP contribution >= 0.6 is 0 Å². The molecule has 25 heavy (non-hydrogen) atoms. The van der Waals surface area contributed by atoms with Crippen molar-refractivity contribution < 1.29 is 22.7 Å². The molecule has 0 aromatic heterocycles. The fourth-order valence-electron chi connectivity index (χ4n) is 2.26. The predicted octanol–water partition coefficient (Wildman–Crippen LogP) is 3.45. The zero-order chi connectivity index (χ0) is 18.3. The van der Waals surface area contributed by atoms with E-state index in [1.165, 1.54) is 0 Å². The van der Waals surface area contributed by atoms with Crippen LogP contribution in [0.4, 0.5) is 18.9 Å². The molecule has 134 valence electrons. The summed E-state index contributed by atoms with van der Waals surface area (Å²) in [6.45, 7) is 0.554. The van der Waals surface area contributed by atoms with Gasteiger partial charge in [0.05, 0.1) is 6.54 Å². The van der Waals surface area contributed by atoms with E-state index in [2.05, 4.69) is 10.1 Å². The summed E-state index contributed by atoms with van der Waals surface area (Å²) in [5, 5.41) is 2.99. The quantitative estimate of drug-likeness (QED) is 0.749. The first kappa shape index (κ1) is 18.8. The molecule has 0 fully saturated rings. The van der Waals surface area contributed by atoms with Crippen molar-refractivity contribution in [3.63, 3.8) is 0 Å². The Hall–Kier alpha value is -2.54. The normalized spacial score (nSPS) is 12.5. The van der Waals surface area contributed by atoms with Gasteiger partial charge in [-0.1, -0.05) is 42.5 Å². The zero-order valence-electron chi connectivity index (χ0n) is 13.4. The molecule has 2 aromatic carbocycles. The van der Waals surface area contributed by atoms with Crippen LogP contribution in [0.1, 0.15) is 17.2 Å². The van der Waals surface area contributed by atoms with Crippen LogP contribution in [0.5, 0.6) is 0 Å². The monoisotopic (exact) mass is 352 g/mol. The molecule has 0 aliphatic carbocycles. The third-order valence-corrected chi connectivity index (χ3v) is 3.53. The van der Waals surface area contributed by atoms with E-state index in [9.17, 15) is 18.0 Å². The van der Waals surface area contributed by atoms with Gasteiger partial charge in [0.1, 0.15) is 6.10 Å². The molecule has 1 atom stereocenters. The Morgan fingerprint density at radius 2 is 1.72 bits per heavy atom. The Balaban J connectivity index is 2.06. The van der Waals surface area contributed by atoms with Crippen molar-refractivity contribution in [1.82, 2.24) is 0 Å². The Morgan fingerprint density at radius 1 is 1.08 bits per heavy atom. The average Bonchev–Trinajstić information content (AvgIpc) is 2.60. The summed E-state index contributed by atoms with van der Waals surface area (Å²) in [7, 11) is 0. The molecular formula is C18H19F3N2O2. The van der Waals surface area contributed by atoms with Crippen LogP contribution < -0.4 is 11.1 Å². The van der Waals surface area contributed by atoms with Gasteiger partial charge in [-0.15, -0.1) is 0 Å². The fourth-order valence-corrected chi connectivity index (χ4v) is 2.26. The van der Waals surface area contributed by atoms with Crippen LogP contribution in [0.3, 0.4) is 0 Å². The minimum Gasteiger partial charge on any atom is -0.449 e. The van der Waals surface area contributed by atoms with Crippen LogP contribution in [0, 0.1) is 0 Å². The van der Waals surface area contributed by atoms with Crippen LogP contribution in [-0.4, -0.2) is 25.2 Å². The van der Waals surface area contributed by atoms with Crippen molar-refractivity contribution in [3.05, 3.63) is 65.7 Å². The average molecular weight is 352 g/mol. The van der Waals surface area contributed by atoms with E-state index < -0.39 is 18.2 Å². The Labute approximate surface area is 143 Å². The summed E-state index contributed by atoms with van der Waals surface area (Å²) in [4.78, 5) is 11.2. The first-order valence-electron chi connectivity index (χ1n) is 7.76. The smallest absolute Gasteiger partial charge is 0.449 e. The molecule has 0 aliphatic heterocycles. The summed E-state index contributed by atoms with van der Waals surface area (Å²) in [6.07, 6.45) is -5.34. The molecule has 0 spiro atoms. The minimum atomic E-state index is -5.03. The lowest BCUT2D eigenvalue weighted by Gasteiger charge is -2.20. The SMILES string of the molecule is NCCc1ccc(NCC(OC(=O)C(F)(F)F)c2ccccc2)cc1. The van der Waals surface area contributed by atoms with Crippen LogP contribution in [-0.2, 0) is 16.0 Å². The van der Waals surface area contributed by atoms with E-state index in [1.807, 2.05) is 12.1 Å². The number of anilines is 1. The molecule has 0 saturated carbocycles. The van der Waals surface area contributed by atoms with Crippen molar-refractivity contribution in [1.29, 1.82) is 0 Å². The van der Waals surface area contributed by atoms with E-state index in [4.69, 9.17) is 5.73 Å². The molecule has 4 nitrogen and oxygen atoms in total. The number of halogens is 3. The van der Waals surface area contributed by atoms with Crippen LogP contribution in [0.25, 0.3) is 0 Å².